The number of ether oxygens (including phenoxy) is 4. The predicted octanol–water partition coefficient (Wildman–Crippen LogP) is 1.45. The molecule has 0 amide bonds. The van der Waals surface area contributed by atoms with Crippen molar-refractivity contribution in [3.8, 4) is 0 Å². The minimum absolute atomic E-state index is 0.00568. The molecule has 0 aromatic carbocycles. The molecule has 0 aliphatic rings. The SMILES string of the molecule is O=C(OC[C@@H](O)[C@@H](O)[C@H](OC(=O)c1cccnc1)[C@@H](COC(=O)c1cccnc1)OC(=O)c1cccnc1)c1cccnc1. The highest BCUT2D eigenvalue weighted by molar-refractivity contribution is 5.91. The average Bonchev–Trinajstić information content (AvgIpc) is 3.08. The van der Waals surface area contributed by atoms with Crippen LogP contribution in [0.25, 0.3) is 0 Å². The van der Waals surface area contributed by atoms with Gasteiger partial charge in [-0.05, 0) is 48.5 Å². The molecule has 4 aromatic rings. The Hall–Kier alpha value is -5.60. The maximum Gasteiger partial charge on any atom is 0.340 e. The number of aliphatic hydroxyl groups excluding tert-OH is 2. The van der Waals surface area contributed by atoms with Gasteiger partial charge in [-0.2, -0.15) is 0 Å². The summed E-state index contributed by atoms with van der Waals surface area (Å²) in [5, 5.41) is 22.0. The van der Waals surface area contributed by atoms with Crippen molar-refractivity contribution in [2.45, 2.75) is 24.4 Å². The highest BCUT2D eigenvalue weighted by Gasteiger charge is 2.40. The van der Waals surface area contributed by atoms with Gasteiger partial charge in [0.15, 0.2) is 12.2 Å². The maximum absolute atomic E-state index is 13.0. The van der Waals surface area contributed by atoms with Gasteiger partial charge in [-0.1, -0.05) is 0 Å². The zero-order chi connectivity index (χ0) is 31.3. The molecule has 0 radical (unpaired) electrons. The van der Waals surface area contributed by atoms with E-state index in [1.807, 2.05) is 0 Å². The first kappa shape index (κ1) is 31.3. The molecule has 4 heterocycles. The van der Waals surface area contributed by atoms with Gasteiger partial charge in [0.05, 0.1) is 22.3 Å². The number of aliphatic hydroxyl groups is 2. The molecule has 226 valence electrons. The van der Waals surface area contributed by atoms with Gasteiger partial charge >= 0.3 is 23.9 Å². The van der Waals surface area contributed by atoms with Gasteiger partial charge in [-0.25, -0.2) is 19.2 Å². The van der Waals surface area contributed by atoms with Crippen molar-refractivity contribution in [3.63, 3.8) is 0 Å². The number of nitrogens with zero attached hydrogens (tertiary/aromatic N) is 4. The third-order valence-electron chi connectivity index (χ3n) is 5.95. The summed E-state index contributed by atoms with van der Waals surface area (Å²) in [4.78, 5) is 66.5. The van der Waals surface area contributed by atoms with Crippen LogP contribution in [0.15, 0.2) is 98.1 Å². The molecule has 4 aromatic heterocycles. The Morgan fingerprint density at radius 2 is 0.955 bits per heavy atom. The lowest BCUT2D eigenvalue weighted by Crippen LogP contribution is -2.51. The Balaban J connectivity index is 1.59. The van der Waals surface area contributed by atoms with Gasteiger partial charge in [-0.15, -0.1) is 0 Å². The van der Waals surface area contributed by atoms with Crippen molar-refractivity contribution in [2.75, 3.05) is 13.2 Å². The lowest BCUT2D eigenvalue weighted by Gasteiger charge is -2.32. The third kappa shape index (κ3) is 8.70. The Kier molecular flexibility index (Phi) is 11.1. The second kappa shape index (κ2) is 15.6. The molecular formula is C30H26N4O10. The first-order chi connectivity index (χ1) is 21.3. The topological polar surface area (TPSA) is 197 Å². The number of esters is 4. The Morgan fingerprint density at radius 1 is 0.568 bits per heavy atom. The van der Waals surface area contributed by atoms with Gasteiger partial charge in [0.25, 0.3) is 0 Å². The van der Waals surface area contributed by atoms with Crippen LogP contribution in [-0.2, 0) is 18.9 Å². The van der Waals surface area contributed by atoms with Gasteiger partial charge in [-0.3, -0.25) is 19.9 Å². The summed E-state index contributed by atoms with van der Waals surface area (Å²) in [5.74, 6) is -3.69. The van der Waals surface area contributed by atoms with Crippen LogP contribution in [0.2, 0.25) is 0 Å². The van der Waals surface area contributed by atoms with Crippen molar-refractivity contribution >= 4 is 23.9 Å². The molecule has 44 heavy (non-hydrogen) atoms. The minimum Gasteiger partial charge on any atom is -0.459 e. The second-order valence-electron chi connectivity index (χ2n) is 9.04. The summed E-state index contributed by atoms with van der Waals surface area (Å²) in [5.41, 5.74) is 0.108. The van der Waals surface area contributed by atoms with Gasteiger partial charge < -0.3 is 29.2 Å². The lowest BCUT2D eigenvalue weighted by atomic mass is 10.0. The molecule has 0 fully saturated rings. The van der Waals surface area contributed by atoms with E-state index < -0.39 is 61.5 Å². The van der Waals surface area contributed by atoms with Crippen molar-refractivity contribution in [1.29, 1.82) is 0 Å². The van der Waals surface area contributed by atoms with Crippen LogP contribution in [0.1, 0.15) is 41.4 Å². The number of hydrogen-bond donors (Lipinski definition) is 2. The molecule has 0 bridgehead atoms. The molecule has 0 unspecified atom stereocenters. The number of pyridine rings is 4. The Labute approximate surface area is 250 Å². The molecule has 4 atom stereocenters. The molecule has 4 rings (SSSR count). The summed E-state index contributed by atoms with van der Waals surface area (Å²) < 4.78 is 21.5. The van der Waals surface area contributed by atoms with E-state index >= 15 is 0 Å². The minimum atomic E-state index is -2.03. The summed E-state index contributed by atoms with van der Waals surface area (Å²) in [7, 11) is 0. The van der Waals surface area contributed by atoms with E-state index in [2.05, 4.69) is 19.9 Å². The second-order valence-corrected chi connectivity index (χ2v) is 9.04. The fourth-order valence-corrected chi connectivity index (χ4v) is 3.70. The smallest absolute Gasteiger partial charge is 0.340 e. The predicted molar refractivity (Wildman–Crippen MR) is 148 cm³/mol. The standard InChI is InChI=1S/C30H26N4O10/c35-23(17-41-27(37)19-5-1-9-31-13-19)25(36)26(44-30(40)22-8-4-12-34-16-22)24(43-29(39)21-7-3-11-33-15-21)18-42-28(38)20-6-2-10-32-14-20/h1-16,23-26,35-36H,17-18H2/t23-,24-,25-,26-/m1/s1. The largest absolute Gasteiger partial charge is 0.459 e. The maximum atomic E-state index is 13.0. The quantitative estimate of drug-likeness (QED) is 0.165. The number of hydrogen-bond acceptors (Lipinski definition) is 14. The fraction of sp³-hybridized carbons (Fsp3) is 0.200. The van der Waals surface area contributed by atoms with Crippen LogP contribution < -0.4 is 0 Å². The van der Waals surface area contributed by atoms with Crippen LogP contribution in [0.5, 0.6) is 0 Å². The van der Waals surface area contributed by atoms with Crippen molar-refractivity contribution in [2.24, 2.45) is 0 Å². The van der Waals surface area contributed by atoms with Crippen molar-refractivity contribution in [3.05, 3.63) is 120 Å². The molecular weight excluding hydrogens is 576 g/mol. The number of rotatable bonds is 13. The molecule has 0 aliphatic heterocycles. The van der Waals surface area contributed by atoms with Crippen LogP contribution in [0.4, 0.5) is 0 Å². The molecule has 0 aliphatic carbocycles. The fourth-order valence-electron chi connectivity index (χ4n) is 3.70. The molecule has 0 spiro atoms. The monoisotopic (exact) mass is 602 g/mol. The third-order valence-corrected chi connectivity index (χ3v) is 5.95. The van der Waals surface area contributed by atoms with Crippen molar-refractivity contribution < 1.29 is 48.3 Å². The van der Waals surface area contributed by atoms with Crippen LogP contribution in [0.3, 0.4) is 0 Å². The van der Waals surface area contributed by atoms with E-state index in [0.717, 1.165) is 0 Å². The first-order valence-electron chi connectivity index (χ1n) is 13.1. The highest BCUT2D eigenvalue weighted by Crippen LogP contribution is 2.19. The zero-order valence-electron chi connectivity index (χ0n) is 22.9. The van der Waals surface area contributed by atoms with E-state index in [0.29, 0.717) is 0 Å². The van der Waals surface area contributed by atoms with E-state index in [1.54, 1.807) is 0 Å². The molecule has 0 saturated heterocycles. The molecule has 14 heteroatoms. The van der Waals surface area contributed by atoms with Crippen molar-refractivity contribution in [1.82, 2.24) is 19.9 Å². The lowest BCUT2D eigenvalue weighted by molar-refractivity contribution is -0.132. The number of carbonyl (C=O) groups is 4. The number of carbonyl (C=O) groups excluding carboxylic acids is 4. The summed E-state index contributed by atoms with van der Waals surface area (Å²) in [6.45, 7) is -1.49. The number of aromatic nitrogens is 4. The van der Waals surface area contributed by atoms with Gasteiger partial charge in [0.2, 0.25) is 0 Å². The van der Waals surface area contributed by atoms with Crippen LogP contribution in [0, 0.1) is 0 Å². The summed E-state index contributed by atoms with van der Waals surface area (Å²) in [6, 6.07) is 11.6. The van der Waals surface area contributed by atoms with E-state index in [4.69, 9.17) is 18.9 Å². The van der Waals surface area contributed by atoms with Crippen LogP contribution >= 0.6 is 0 Å². The zero-order valence-corrected chi connectivity index (χ0v) is 22.9. The van der Waals surface area contributed by atoms with Gasteiger partial charge in [0, 0.05) is 49.6 Å². The summed E-state index contributed by atoms with van der Waals surface area (Å²) >= 11 is 0. The van der Waals surface area contributed by atoms with E-state index in [-0.39, 0.29) is 22.3 Å². The van der Waals surface area contributed by atoms with Gasteiger partial charge in [0.1, 0.15) is 25.4 Å². The van der Waals surface area contributed by atoms with E-state index in [9.17, 15) is 29.4 Å². The summed E-state index contributed by atoms with van der Waals surface area (Å²) in [6.07, 6.45) is 3.21. The molecule has 14 nitrogen and oxygen atoms in total. The highest BCUT2D eigenvalue weighted by atomic mass is 16.6. The van der Waals surface area contributed by atoms with E-state index in [1.165, 1.54) is 98.1 Å². The first-order valence-corrected chi connectivity index (χ1v) is 13.1. The normalized spacial score (nSPS) is 13.4. The average molecular weight is 603 g/mol. The Morgan fingerprint density at radius 3 is 1.36 bits per heavy atom. The Bertz CT molecular complexity index is 1530. The molecule has 2 N–H and O–H groups in total. The molecule has 0 saturated carbocycles. The van der Waals surface area contributed by atoms with Crippen LogP contribution in [-0.4, -0.2) is 91.7 Å².